The first-order valence-electron chi connectivity index (χ1n) is 7.91. The van der Waals surface area contributed by atoms with Crippen molar-refractivity contribution in [3.63, 3.8) is 0 Å². The number of aromatic nitrogens is 1. The molecule has 122 valence electrons. The summed E-state index contributed by atoms with van der Waals surface area (Å²) in [5.41, 5.74) is 0.837. The van der Waals surface area contributed by atoms with Crippen molar-refractivity contribution in [3.05, 3.63) is 27.5 Å². The zero-order valence-electron chi connectivity index (χ0n) is 12.5. The van der Waals surface area contributed by atoms with Gasteiger partial charge in [0.25, 0.3) is 0 Å². The van der Waals surface area contributed by atoms with Crippen molar-refractivity contribution in [2.75, 3.05) is 0 Å². The summed E-state index contributed by atoms with van der Waals surface area (Å²) >= 11 is 9.04. The lowest BCUT2D eigenvalue weighted by Gasteiger charge is -2.29. The normalized spacial score (nSPS) is 26.4. The van der Waals surface area contributed by atoms with Gasteiger partial charge in [-0.3, -0.25) is 4.79 Å². The molecule has 0 spiro atoms. The van der Waals surface area contributed by atoms with Gasteiger partial charge in [-0.05, 0) is 37.8 Å². The lowest BCUT2D eigenvalue weighted by molar-refractivity contribution is -0.121. The predicted octanol–water partition coefficient (Wildman–Crippen LogP) is 3.47. The van der Waals surface area contributed by atoms with Gasteiger partial charge in [0.15, 0.2) is 0 Å². The number of carbonyl (C=O) groups is 1. The van der Waals surface area contributed by atoms with Gasteiger partial charge in [0.05, 0.1) is 21.3 Å². The number of fused-ring (bicyclic) bond motifs is 2. The SMILES string of the molecule is O=C(Cc1csc(-c2ccc(Cl)s2)n1)NC1CC2CCC(C1)N2. The first-order chi connectivity index (χ1) is 11.2. The maximum Gasteiger partial charge on any atom is 0.226 e. The van der Waals surface area contributed by atoms with Gasteiger partial charge in [0.2, 0.25) is 5.91 Å². The van der Waals surface area contributed by atoms with Gasteiger partial charge in [0, 0.05) is 23.5 Å². The van der Waals surface area contributed by atoms with Crippen LogP contribution in [0.3, 0.4) is 0 Å². The molecule has 2 unspecified atom stereocenters. The van der Waals surface area contributed by atoms with E-state index in [9.17, 15) is 4.79 Å². The van der Waals surface area contributed by atoms with Gasteiger partial charge in [-0.25, -0.2) is 4.98 Å². The summed E-state index contributed by atoms with van der Waals surface area (Å²) < 4.78 is 0.759. The number of piperidine rings is 1. The second-order valence-corrected chi connectivity index (χ2v) is 8.87. The molecule has 2 N–H and O–H groups in total. The van der Waals surface area contributed by atoms with E-state index in [1.165, 1.54) is 24.2 Å². The molecule has 2 aliphatic heterocycles. The second-order valence-electron chi connectivity index (χ2n) is 6.30. The van der Waals surface area contributed by atoms with Crippen LogP contribution in [0.1, 0.15) is 31.4 Å². The molecule has 0 radical (unpaired) electrons. The third-order valence-electron chi connectivity index (χ3n) is 4.52. The number of carbonyl (C=O) groups excluding carboxylic acids is 1. The molecular weight excluding hydrogens is 350 g/mol. The highest BCUT2D eigenvalue weighted by atomic mass is 35.5. The van der Waals surface area contributed by atoms with Gasteiger partial charge in [-0.2, -0.15) is 0 Å². The highest BCUT2D eigenvalue weighted by molar-refractivity contribution is 7.23. The van der Waals surface area contributed by atoms with E-state index in [4.69, 9.17) is 11.6 Å². The van der Waals surface area contributed by atoms with Crippen LogP contribution in [0.4, 0.5) is 0 Å². The van der Waals surface area contributed by atoms with Crippen molar-refractivity contribution in [2.24, 2.45) is 0 Å². The first-order valence-corrected chi connectivity index (χ1v) is 9.98. The van der Waals surface area contributed by atoms with E-state index in [-0.39, 0.29) is 5.91 Å². The topological polar surface area (TPSA) is 54.0 Å². The summed E-state index contributed by atoms with van der Waals surface area (Å²) in [5, 5.41) is 9.69. The van der Waals surface area contributed by atoms with E-state index < -0.39 is 0 Å². The average molecular weight is 368 g/mol. The number of amides is 1. The molecule has 4 nitrogen and oxygen atoms in total. The van der Waals surface area contributed by atoms with Crippen LogP contribution in [0.5, 0.6) is 0 Å². The molecular formula is C16H18ClN3OS2. The number of halogens is 1. The second kappa shape index (κ2) is 6.51. The standard InChI is InChI=1S/C16H18ClN3OS2/c17-14-4-3-13(23-14)16-20-12(8-22-16)7-15(21)19-11-5-9-1-2-10(6-11)18-9/h3-4,8-11,18H,1-2,5-7H2,(H,19,21). The molecule has 2 bridgehead atoms. The molecule has 0 aliphatic carbocycles. The lowest BCUT2D eigenvalue weighted by atomic mass is 9.99. The summed E-state index contributed by atoms with van der Waals surface area (Å²) in [6.45, 7) is 0. The summed E-state index contributed by atoms with van der Waals surface area (Å²) in [4.78, 5) is 17.9. The number of hydrogen-bond acceptors (Lipinski definition) is 5. The van der Waals surface area contributed by atoms with E-state index in [0.29, 0.717) is 24.5 Å². The molecule has 0 saturated carbocycles. The van der Waals surface area contributed by atoms with Gasteiger partial charge in [0.1, 0.15) is 5.01 Å². The fourth-order valence-corrected chi connectivity index (χ4v) is 5.48. The average Bonchev–Trinajstić information content (AvgIpc) is 3.20. The largest absolute Gasteiger partial charge is 0.353 e. The molecule has 23 heavy (non-hydrogen) atoms. The van der Waals surface area contributed by atoms with E-state index >= 15 is 0 Å². The minimum atomic E-state index is 0.0809. The Morgan fingerprint density at radius 2 is 2.13 bits per heavy atom. The van der Waals surface area contributed by atoms with Gasteiger partial charge >= 0.3 is 0 Å². The Labute approximate surface area is 148 Å². The van der Waals surface area contributed by atoms with Gasteiger partial charge in [-0.1, -0.05) is 11.6 Å². The molecule has 2 aromatic rings. The van der Waals surface area contributed by atoms with Crippen LogP contribution >= 0.6 is 34.3 Å². The zero-order valence-corrected chi connectivity index (χ0v) is 14.9. The van der Waals surface area contributed by atoms with Crippen LogP contribution in [-0.2, 0) is 11.2 Å². The number of nitrogens with zero attached hydrogens (tertiary/aromatic N) is 1. The van der Waals surface area contributed by atoms with Crippen molar-refractivity contribution in [3.8, 4) is 9.88 Å². The van der Waals surface area contributed by atoms with Crippen LogP contribution in [-0.4, -0.2) is 29.0 Å². The molecule has 0 aromatic carbocycles. The van der Waals surface area contributed by atoms with Crippen LogP contribution in [0.2, 0.25) is 4.34 Å². The van der Waals surface area contributed by atoms with Crippen LogP contribution in [0.25, 0.3) is 9.88 Å². The molecule has 7 heteroatoms. The molecule has 2 saturated heterocycles. The van der Waals surface area contributed by atoms with E-state index in [1.54, 1.807) is 11.3 Å². The summed E-state index contributed by atoms with van der Waals surface area (Å²) in [6.07, 6.45) is 4.96. The number of nitrogens with one attached hydrogen (secondary N) is 2. The first kappa shape index (κ1) is 15.6. The van der Waals surface area contributed by atoms with Crippen LogP contribution < -0.4 is 10.6 Å². The molecule has 2 fully saturated rings. The number of thiazole rings is 1. The quantitative estimate of drug-likeness (QED) is 0.870. The summed E-state index contributed by atoms with van der Waals surface area (Å²) in [5.74, 6) is 0.0809. The molecule has 2 aromatic heterocycles. The third kappa shape index (κ3) is 3.60. The van der Waals surface area contributed by atoms with Crippen molar-refractivity contribution >= 4 is 40.2 Å². The van der Waals surface area contributed by atoms with E-state index in [0.717, 1.165) is 32.8 Å². The highest BCUT2D eigenvalue weighted by Gasteiger charge is 2.33. The Morgan fingerprint density at radius 3 is 2.83 bits per heavy atom. The number of thiophene rings is 1. The maximum absolute atomic E-state index is 12.3. The third-order valence-corrected chi connectivity index (χ3v) is 6.81. The monoisotopic (exact) mass is 367 g/mol. The Bertz CT molecular complexity index is 702. The maximum atomic E-state index is 12.3. The Balaban J connectivity index is 1.35. The zero-order chi connectivity index (χ0) is 15.8. The van der Waals surface area contributed by atoms with Crippen molar-refractivity contribution in [2.45, 2.75) is 50.2 Å². The lowest BCUT2D eigenvalue weighted by Crippen LogP contribution is -2.48. The Hall–Kier alpha value is -0.950. The Morgan fingerprint density at radius 1 is 1.35 bits per heavy atom. The fourth-order valence-electron chi connectivity index (χ4n) is 3.55. The molecule has 4 heterocycles. The van der Waals surface area contributed by atoms with E-state index in [1.807, 2.05) is 17.5 Å². The van der Waals surface area contributed by atoms with Crippen LogP contribution in [0.15, 0.2) is 17.5 Å². The van der Waals surface area contributed by atoms with Gasteiger partial charge in [-0.15, -0.1) is 22.7 Å². The number of rotatable bonds is 4. The molecule has 4 rings (SSSR count). The van der Waals surface area contributed by atoms with Crippen LogP contribution in [0, 0.1) is 0 Å². The summed E-state index contributed by atoms with van der Waals surface area (Å²) in [6, 6.07) is 5.35. The minimum Gasteiger partial charge on any atom is -0.353 e. The van der Waals surface area contributed by atoms with Gasteiger partial charge < -0.3 is 10.6 Å². The smallest absolute Gasteiger partial charge is 0.226 e. The van der Waals surface area contributed by atoms with Crippen molar-refractivity contribution < 1.29 is 4.79 Å². The summed E-state index contributed by atoms with van der Waals surface area (Å²) in [7, 11) is 0. The van der Waals surface area contributed by atoms with E-state index in [2.05, 4.69) is 15.6 Å². The predicted molar refractivity (Wildman–Crippen MR) is 95.3 cm³/mol. The molecule has 1 amide bonds. The Kier molecular flexibility index (Phi) is 4.41. The number of hydrogen-bond donors (Lipinski definition) is 2. The fraction of sp³-hybridized carbons (Fsp3) is 0.500. The van der Waals surface area contributed by atoms with Crippen molar-refractivity contribution in [1.82, 2.24) is 15.6 Å². The molecule has 2 aliphatic rings. The molecule has 2 atom stereocenters. The minimum absolute atomic E-state index is 0.0809. The highest BCUT2D eigenvalue weighted by Crippen LogP contribution is 2.33. The van der Waals surface area contributed by atoms with Crippen molar-refractivity contribution in [1.29, 1.82) is 0 Å².